The molecule has 1 atom stereocenters. The molecule has 182 valence electrons. The predicted octanol–water partition coefficient (Wildman–Crippen LogP) is 4.37. The largest absolute Gasteiger partial charge is 0.493 e. The molecule has 0 aliphatic heterocycles. The van der Waals surface area contributed by atoms with Crippen LogP contribution in [0.5, 0.6) is 17.2 Å². The Morgan fingerprint density at radius 2 is 2.03 bits per heavy atom. The van der Waals surface area contributed by atoms with E-state index in [1.807, 2.05) is 6.07 Å². The molecule has 9 nitrogen and oxygen atoms in total. The predicted molar refractivity (Wildman–Crippen MR) is 132 cm³/mol. The minimum atomic E-state index is -0.934. The number of rotatable bonds is 9. The highest BCUT2D eigenvalue weighted by atomic mass is 35.5. The van der Waals surface area contributed by atoms with Gasteiger partial charge in [0.2, 0.25) is 0 Å². The lowest BCUT2D eigenvalue weighted by molar-refractivity contribution is -0.136. The fraction of sp³-hybridized carbons (Fsp3) is 0.240. The summed E-state index contributed by atoms with van der Waals surface area (Å²) in [6.45, 7) is 1.66. The van der Waals surface area contributed by atoms with Crippen LogP contribution in [0.3, 0.4) is 0 Å². The number of anilines is 1. The van der Waals surface area contributed by atoms with E-state index < -0.39 is 12.1 Å². The van der Waals surface area contributed by atoms with Gasteiger partial charge in [-0.15, -0.1) is 0 Å². The lowest BCUT2D eigenvalue weighted by Crippen LogP contribution is -2.11. The number of benzene rings is 2. The number of nitrogens with zero attached hydrogens (tertiary/aromatic N) is 3. The number of aromatic nitrogens is 3. The summed E-state index contributed by atoms with van der Waals surface area (Å²) in [5.74, 6) is 0.788. The third-order valence-corrected chi connectivity index (χ3v) is 5.75. The number of methoxy groups -OCH3 is 1. The van der Waals surface area contributed by atoms with Crippen molar-refractivity contribution in [2.75, 3.05) is 12.8 Å². The number of nitrogens with two attached hydrogens (primary N) is 1. The topological polar surface area (TPSA) is 132 Å². The first-order chi connectivity index (χ1) is 16.8. The van der Waals surface area contributed by atoms with Gasteiger partial charge in [0.25, 0.3) is 0 Å². The number of ether oxygens (including phenoxy) is 2. The molecule has 4 N–H and O–H groups in total. The first-order valence-corrected chi connectivity index (χ1v) is 11.3. The average Bonchev–Trinajstić information content (AvgIpc) is 3.12. The summed E-state index contributed by atoms with van der Waals surface area (Å²) in [4.78, 5) is 15.6. The molecule has 0 fully saturated rings. The van der Waals surface area contributed by atoms with Gasteiger partial charge in [0, 0.05) is 29.1 Å². The summed E-state index contributed by atoms with van der Waals surface area (Å²) in [6.07, 6.45) is 1.04. The van der Waals surface area contributed by atoms with Gasteiger partial charge in [-0.25, -0.2) is 9.50 Å². The molecular formula is C25H25ClN4O5. The number of halogens is 1. The first kappa shape index (κ1) is 24.3. The van der Waals surface area contributed by atoms with E-state index in [0.717, 1.165) is 11.1 Å². The maximum absolute atomic E-state index is 11.4. The Bertz CT molecular complexity index is 1390. The van der Waals surface area contributed by atoms with Crippen molar-refractivity contribution in [1.82, 2.24) is 14.6 Å². The van der Waals surface area contributed by atoms with Gasteiger partial charge in [0.1, 0.15) is 17.6 Å². The summed E-state index contributed by atoms with van der Waals surface area (Å²) in [7, 11) is 1.53. The molecule has 4 aromatic rings. The van der Waals surface area contributed by atoms with Crippen LogP contribution in [-0.2, 0) is 17.6 Å². The number of aliphatic carboxylic acids is 1. The maximum atomic E-state index is 11.4. The minimum Gasteiger partial charge on any atom is -0.493 e. The molecule has 2 aromatic carbocycles. The molecule has 1 unspecified atom stereocenters. The lowest BCUT2D eigenvalue weighted by atomic mass is 9.96. The van der Waals surface area contributed by atoms with Crippen molar-refractivity contribution in [2.24, 2.45) is 0 Å². The minimum absolute atomic E-state index is 0.100. The third kappa shape index (κ3) is 5.16. The van der Waals surface area contributed by atoms with Gasteiger partial charge in [-0.05, 0) is 54.8 Å². The highest BCUT2D eigenvalue weighted by Gasteiger charge is 2.25. The van der Waals surface area contributed by atoms with Crippen LogP contribution in [0.15, 0.2) is 48.8 Å². The molecule has 35 heavy (non-hydrogen) atoms. The van der Waals surface area contributed by atoms with Crippen LogP contribution in [0.2, 0.25) is 5.02 Å². The van der Waals surface area contributed by atoms with Crippen molar-refractivity contribution >= 4 is 28.9 Å². The second kappa shape index (κ2) is 10.2. The molecule has 2 aromatic heterocycles. The number of fused-ring (bicyclic) bond motifs is 1. The first-order valence-electron chi connectivity index (χ1n) is 10.9. The second-order valence-electron chi connectivity index (χ2n) is 8.08. The summed E-state index contributed by atoms with van der Waals surface area (Å²) >= 11 is 6.07. The second-order valence-corrected chi connectivity index (χ2v) is 8.51. The SMILES string of the molecule is COc1cc(-c2c(CCC(=O)O)c(CC(C)O)n3ncnc(N)c23)ccc1Oc1cccc(Cl)c1. The molecule has 0 aliphatic rings. The van der Waals surface area contributed by atoms with Crippen molar-refractivity contribution < 1.29 is 24.5 Å². The van der Waals surface area contributed by atoms with Crippen LogP contribution in [-0.4, -0.2) is 44.0 Å². The maximum Gasteiger partial charge on any atom is 0.303 e. The molecule has 0 radical (unpaired) electrons. The van der Waals surface area contributed by atoms with Crippen LogP contribution in [0, 0.1) is 0 Å². The van der Waals surface area contributed by atoms with Gasteiger partial charge in [-0.3, -0.25) is 4.79 Å². The van der Waals surface area contributed by atoms with Gasteiger partial charge in [0.05, 0.1) is 13.2 Å². The number of hydrogen-bond donors (Lipinski definition) is 3. The van der Waals surface area contributed by atoms with Gasteiger partial charge >= 0.3 is 5.97 Å². The van der Waals surface area contributed by atoms with Gasteiger partial charge in [-0.2, -0.15) is 5.10 Å². The van der Waals surface area contributed by atoms with E-state index in [2.05, 4.69) is 10.1 Å². The van der Waals surface area contributed by atoms with Crippen LogP contribution >= 0.6 is 11.6 Å². The Morgan fingerprint density at radius 1 is 1.23 bits per heavy atom. The van der Waals surface area contributed by atoms with Crippen LogP contribution in [0.1, 0.15) is 24.6 Å². The Kier molecular flexibility index (Phi) is 7.09. The monoisotopic (exact) mass is 496 g/mol. The zero-order valence-corrected chi connectivity index (χ0v) is 20.0. The normalized spacial score (nSPS) is 12.0. The van der Waals surface area contributed by atoms with Gasteiger partial charge in [0.15, 0.2) is 17.3 Å². The van der Waals surface area contributed by atoms with Crippen LogP contribution in [0.25, 0.3) is 16.6 Å². The molecule has 4 rings (SSSR count). The third-order valence-electron chi connectivity index (χ3n) is 5.51. The smallest absolute Gasteiger partial charge is 0.303 e. The lowest BCUT2D eigenvalue weighted by Gasteiger charge is -2.13. The fourth-order valence-electron chi connectivity index (χ4n) is 4.09. The van der Waals surface area contributed by atoms with Crippen molar-refractivity contribution in [3.05, 3.63) is 65.1 Å². The Morgan fingerprint density at radius 3 is 2.71 bits per heavy atom. The van der Waals surface area contributed by atoms with Gasteiger partial charge < -0.3 is 25.4 Å². The molecule has 10 heteroatoms. The number of hydrogen-bond acceptors (Lipinski definition) is 7. The Labute approximate surface area is 206 Å². The standard InChI is InChI=1S/C25H25ClN4O5/c1-14(31)10-19-18(7-9-22(32)33)23(24-25(27)28-13-29-30(19)24)15-6-8-20(21(11-15)34-2)35-17-5-3-4-16(26)12-17/h3-6,8,11-14,31H,7,9-10H2,1-2H3,(H,32,33)(H2,27,28,29). The highest BCUT2D eigenvalue weighted by Crippen LogP contribution is 2.41. The fourth-order valence-corrected chi connectivity index (χ4v) is 4.27. The summed E-state index contributed by atoms with van der Waals surface area (Å²) in [5.41, 5.74) is 9.61. The quantitative estimate of drug-likeness (QED) is 0.311. The summed E-state index contributed by atoms with van der Waals surface area (Å²) in [5, 5.41) is 24.4. The Hall–Kier alpha value is -3.82. The number of nitrogen functional groups attached to an aromatic ring is 1. The molecule has 0 saturated heterocycles. The van der Waals surface area contributed by atoms with Crippen molar-refractivity contribution in [3.63, 3.8) is 0 Å². The highest BCUT2D eigenvalue weighted by molar-refractivity contribution is 6.30. The molecule has 0 bridgehead atoms. The summed E-state index contributed by atoms with van der Waals surface area (Å²) < 4.78 is 13.2. The zero-order valence-electron chi connectivity index (χ0n) is 19.2. The van der Waals surface area contributed by atoms with E-state index in [4.69, 9.17) is 26.8 Å². The van der Waals surface area contributed by atoms with E-state index in [9.17, 15) is 15.0 Å². The van der Waals surface area contributed by atoms with Crippen LogP contribution in [0.4, 0.5) is 5.82 Å². The van der Waals surface area contributed by atoms with E-state index in [0.29, 0.717) is 39.0 Å². The Balaban J connectivity index is 1.89. The molecule has 2 heterocycles. The van der Waals surface area contributed by atoms with E-state index >= 15 is 0 Å². The van der Waals surface area contributed by atoms with Crippen molar-refractivity contribution in [1.29, 1.82) is 0 Å². The average molecular weight is 497 g/mol. The molecule has 0 aliphatic carbocycles. The van der Waals surface area contributed by atoms with E-state index in [1.54, 1.807) is 47.8 Å². The zero-order chi connectivity index (χ0) is 25.1. The number of aliphatic hydroxyl groups excluding tert-OH is 1. The van der Waals surface area contributed by atoms with Gasteiger partial charge in [-0.1, -0.05) is 23.7 Å². The molecule has 0 saturated carbocycles. The van der Waals surface area contributed by atoms with E-state index in [-0.39, 0.29) is 25.1 Å². The summed E-state index contributed by atoms with van der Waals surface area (Å²) in [6, 6.07) is 12.4. The molecule has 0 amide bonds. The number of carbonyl (C=O) groups is 1. The van der Waals surface area contributed by atoms with Crippen molar-refractivity contribution in [3.8, 4) is 28.4 Å². The molecule has 0 spiro atoms. The number of carboxylic acid groups (broad SMARTS) is 1. The molecular weight excluding hydrogens is 472 g/mol. The number of aliphatic hydroxyl groups is 1. The van der Waals surface area contributed by atoms with Crippen LogP contribution < -0.4 is 15.2 Å². The van der Waals surface area contributed by atoms with E-state index in [1.165, 1.54) is 13.4 Å². The number of carboxylic acids is 1. The van der Waals surface area contributed by atoms with Crippen molar-refractivity contribution in [2.45, 2.75) is 32.3 Å².